The van der Waals surface area contributed by atoms with Gasteiger partial charge < -0.3 is 4.74 Å². The third kappa shape index (κ3) is 1.58. The van der Waals surface area contributed by atoms with Crippen molar-refractivity contribution in [3.63, 3.8) is 0 Å². The first-order chi connectivity index (χ1) is 12.9. The first-order valence-corrected chi connectivity index (χ1v) is 11.4. The molecule has 0 unspecified atom stereocenters. The summed E-state index contributed by atoms with van der Waals surface area (Å²) in [6.07, 6.45) is 10.6. The molecule has 0 aromatic heterocycles. The Balaban J connectivity index is 1.33. The van der Waals surface area contributed by atoms with E-state index in [1.54, 1.807) is 0 Å². The van der Waals surface area contributed by atoms with Crippen molar-refractivity contribution in [2.75, 3.05) is 0 Å². The maximum Gasteiger partial charge on any atom is 0.306 e. The fourth-order valence-corrected chi connectivity index (χ4v) is 9.74. The van der Waals surface area contributed by atoms with Gasteiger partial charge in [0.15, 0.2) is 5.78 Å². The third-order valence-corrected chi connectivity index (χ3v) is 10.9. The van der Waals surface area contributed by atoms with Crippen LogP contribution in [0.2, 0.25) is 0 Å². The summed E-state index contributed by atoms with van der Waals surface area (Å²) in [7, 11) is 0. The van der Waals surface area contributed by atoms with Gasteiger partial charge in [-0.15, -0.1) is 0 Å². The van der Waals surface area contributed by atoms with Crippen molar-refractivity contribution in [2.24, 2.45) is 52.3 Å². The quantitative estimate of drug-likeness (QED) is 0.600. The normalized spacial score (nSPS) is 62.0. The Bertz CT molecular complexity index is 827. The monoisotopic (exact) mass is 366 g/mol. The molecule has 0 aromatic rings. The molecule has 6 aliphatic carbocycles. The van der Waals surface area contributed by atoms with Crippen LogP contribution in [0.25, 0.3) is 0 Å². The third-order valence-electron chi connectivity index (χ3n) is 10.9. The summed E-state index contributed by atoms with van der Waals surface area (Å²) in [5.41, 5.74) is 1.85. The molecule has 0 aromatic carbocycles. The molecule has 3 nitrogen and oxygen atoms in total. The molecule has 3 heteroatoms. The fraction of sp³-hybridized carbons (Fsp3) is 0.833. The molecule has 144 valence electrons. The van der Waals surface area contributed by atoms with E-state index in [4.69, 9.17) is 4.74 Å². The van der Waals surface area contributed by atoms with E-state index in [-0.39, 0.29) is 22.4 Å². The van der Waals surface area contributed by atoms with Crippen LogP contribution in [0.1, 0.15) is 65.2 Å². The number of carbonyl (C=O) groups excluding carboxylic acids is 2. The highest BCUT2D eigenvalue weighted by atomic mass is 16.6. The van der Waals surface area contributed by atoms with Gasteiger partial charge in [-0.05, 0) is 85.5 Å². The zero-order valence-electron chi connectivity index (χ0n) is 16.5. The molecule has 1 heterocycles. The van der Waals surface area contributed by atoms with E-state index >= 15 is 0 Å². The van der Waals surface area contributed by atoms with Gasteiger partial charge in [0.05, 0.1) is 0 Å². The van der Waals surface area contributed by atoms with Crippen LogP contribution >= 0.6 is 0 Å². The van der Waals surface area contributed by atoms with Crippen LogP contribution in [-0.2, 0) is 14.3 Å². The van der Waals surface area contributed by atoms with Crippen molar-refractivity contribution in [2.45, 2.75) is 70.8 Å². The minimum absolute atomic E-state index is 0.0561. The van der Waals surface area contributed by atoms with Crippen LogP contribution in [0.5, 0.6) is 0 Å². The van der Waals surface area contributed by atoms with Crippen molar-refractivity contribution in [3.05, 3.63) is 11.6 Å². The lowest BCUT2D eigenvalue weighted by atomic mass is 9.45. The number of rotatable bonds is 0. The van der Waals surface area contributed by atoms with Crippen LogP contribution in [0.4, 0.5) is 0 Å². The maximum absolute atomic E-state index is 12.2. The lowest BCUT2D eigenvalue weighted by Crippen LogP contribution is -2.57. The van der Waals surface area contributed by atoms with Crippen molar-refractivity contribution >= 4 is 11.8 Å². The maximum atomic E-state index is 12.2. The van der Waals surface area contributed by atoms with Gasteiger partial charge in [-0.25, -0.2) is 0 Å². The van der Waals surface area contributed by atoms with Crippen molar-refractivity contribution in [1.29, 1.82) is 0 Å². The predicted octanol–water partition coefficient (Wildman–Crippen LogP) is 4.31. The molecule has 0 amide bonds. The van der Waals surface area contributed by atoms with Crippen LogP contribution in [0, 0.1) is 52.3 Å². The van der Waals surface area contributed by atoms with E-state index in [9.17, 15) is 9.59 Å². The summed E-state index contributed by atoms with van der Waals surface area (Å²) in [6.45, 7) is 4.99. The second-order valence-corrected chi connectivity index (χ2v) is 11.5. The van der Waals surface area contributed by atoms with Crippen LogP contribution in [-0.4, -0.2) is 17.4 Å². The number of fused-ring (bicyclic) bond motifs is 12. The predicted molar refractivity (Wildman–Crippen MR) is 99.5 cm³/mol. The Morgan fingerprint density at radius 1 is 1.00 bits per heavy atom. The summed E-state index contributed by atoms with van der Waals surface area (Å²) in [5.74, 6) is 5.65. The summed E-state index contributed by atoms with van der Waals surface area (Å²) >= 11 is 0. The standard InChI is InChI=1S/C24H30O3/c1-22-6-3-12(25)9-17(22)13-10-14(13)20-16(22)4-7-23(2)21(20)15-11-18(15)24(23)8-5-19(26)27-24/h9,13-16,18,20-21H,3-8,10-11H2,1-2H3/t13-,14+,15-,16-,18-,20+,21-,22+,23-,24-/m0/s1. The Kier molecular flexibility index (Phi) is 2.56. The largest absolute Gasteiger partial charge is 0.458 e. The van der Waals surface area contributed by atoms with E-state index in [1.165, 1.54) is 31.3 Å². The van der Waals surface area contributed by atoms with Gasteiger partial charge in [0, 0.05) is 24.2 Å². The minimum atomic E-state index is -0.131. The van der Waals surface area contributed by atoms with E-state index in [0.29, 0.717) is 24.0 Å². The molecule has 0 bridgehead atoms. The lowest BCUT2D eigenvalue weighted by Gasteiger charge is -2.60. The Morgan fingerprint density at radius 2 is 1.85 bits per heavy atom. The fourth-order valence-electron chi connectivity index (χ4n) is 9.74. The number of esters is 1. The van der Waals surface area contributed by atoms with Gasteiger partial charge in [-0.3, -0.25) is 9.59 Å². The molecule has 27 heavy (non-hydrogen) atoms. The van der Waals surface area contributed by atoms with E-state index in [2.05, 4.69) is 19.9 Å². The van der Waals surface area contributed by atoms with Gasteiger partial charge in [0.25, 0.3) is 0 Å². The number of hydrogen-bond donors (Lipinski definition) is 0. The highest BCUT2D eigenvalue weighted by Crippen LogP contribution is 2.82. The second-order valence-electron chi connectivity index (χ2n) is 11.5. The van der Waals surface area contributed by atoms with E-state index < -0.39 is 0 Å². The Hall–Kier alpha value is -1.12. The van der Waals surface area contributed by atoms with Crippen LogP contribution in [0.3, 0.4) is 0 Å². The average molecular weight is 367 g/mol. The molecule has 10 atom stereocenters. The lowest BCUT2D eigenvalue weighted by molar-refractivity contribution is -0.177. The van der Waals surface area contributed by atoms with E-state index in [1.807, 2.05) is 0 Å². The smallest absolute Gasteiger partial charge is 0.306 e. The molecule has 7 aliphatic rings. The molecule has 0 N–H and O–H groups in total. The topological polar surface area (TPSA) is 43.4 Å². The number of hydrogen-bond acceptors (Lipinski definition) is 3. The minimum Gasteiger partial charge on any atom is -0.458 e. The van der Waals surface area contributed by atoms with Gasteiger partial charge >= 0.3 is 5.97 Å². The van der Waals surface area contributed by atoms with Gasteiger partial charge in [0.1, 0.15) is 5.60 Å². The molecule has 1 spiro atoms. The zero-order chi connectivity index (χ0) is 18.3. The number of ketones is 1. The van der Waals surface area contributed by atoms with Gasteiger partial charge in [0.2, 0.25) is 0 Å². The molecule has 0 radical (unpaired) electrons. The average Bonchev–Trinajstić information content (AvgIpc) is 3.53. The molecule has 6 fully saturated rings. The number of carbonyl (C=O) groups is 2. The van der Waals surface area contributed by atoms with E-state index in [0.717, 1.165) is 48.9 Å². The van der Waals surface area contributed by atoms with Crippen LogP contribution in [0.15, 0.2) is 11.6 Å². The van der Waals surface area contributed by atoms with Gasteiger partial charge in [-0.1, -0.05) is 19.4 Å². The highest BCUT2D eigenvalue weighted by Gasteiger charge is 2.81. The summed E-state index contributed by atoms with van der Waals surface area (Å²) < 4.78 is 6.22. The first-order valence-electron chi connectivity index (χ1n) is 11.4. The molecule has 5 saturated carbocycles. The SMILES string of the molecule is C[C@]12CCC(=O)C=C1[C@H]1C[C@H]1[C@H]1[C@@H]3[C@H]4C[C@@H]4[C@@]4(CCC(=O)O4)[C@@]3(C)CC[C@@H]12. The van der Waals surface area contributed by atoms with Gasteiger partial charge in [-0.2, -0.15) is 0 Å². The highest BCUT2D eigenvalue weighted by molar-refractivity contribution is 5.92. The first kappa shape index (κ1) is 15.8. The molecule has 7 rings (SSSR count). The number of ether oxygens (including phenoxy) is 1. The summed E-state index contributed by atoms with van der Waals surface area (Å²) in [5, 5.41) is 0. The molecule has 1 aliphatic heterocycles. The van der Waals surface area contributed by atoms with Crippen molar-refractivity contribution in [3.8, 4) is 0 Å². The molecular weight excluding hydrogens is 336 g/mol. The second kappa shape index (κ2) is 4.39. The Labute approximate surface area is 161 Å². The number of allylic oxidation sites excluding steroid dienone is 1. The van der Waals surface area contributed by atoms with Crippen molar-refractivity contribution in [1.82, 2.24) is 0 Å². The zero-order valence-corrected chi connectivity index (χ0v) is 16.5. The molecular formula is C24H30O3. The Morgan fingerprint density at radius 3 is 2.63 bits per heavy atom. The van der Waals surface area contributed by atoms with Crippen molar-refractivity contribution < 1.29 is 14.3 Å². The summed E-state index contributed by atoms with van der Waals surface area (Å²) in [4.78, 5) is 24.3. The summed E-state index contributed by atoms with van der Waals surface area (Å²) in [6, 6.07) is 0. The molecule has 1 saturated heterocycles. The van der Waals surface area contributed by atoms with Crippen LogP contribution < -0.4 is 0 Å².